The van der Waals surface area contributed by atoms with Gasteiger partial charge in [0.1, 0.15) is 0 Å². The quantitative estimate of drug-likeness (QED) is 0.140. The normalized spacial score (nSPS) is 11.3. The number of anilines is 2. The van der Waals surface area contributed by atoms with E-state index < -0.39 is 0 Å². The SMILES string of the molecule is C=C(c1ccccc1)N(c1ccc(-c2ccc3c(-c4ccccc4)c4cc(-c5cccc6ccccc56)ccc4c(-c4ccccc4)c3c2)cc1)c1ccccc1C. The van der Waals surface area contributed by atoms with E-state index in [1.807, 2.05) is 6.07 Å². The summed E-state index contributed by atoms with van der Waals surface area (Å²) in [5.74, 6) is 0. The Kier molecular flexibility index (Phi) is 8.97. The molecule has 58 heavy (non-hydrogen) atoms. The van der Waals surface area contributed by atoms with Crippen LogP contribution >= 0.6 is 0 Å². The van der Waals surface area contributed by atoms with Gasteiger partial charge in [-0.05, 0) is 125 Å². The molecule has 1 heteroatoms. The van der Waals surface area contributed by atoms with Gasteiger partial charge < -0.3 is 4.90 Å². The lowest BCUT2D eigenvalue weighted by atomic mass is 9.83. The summed E-state index contributed by atoms with van der Waals surface area (Å²) >= 11 is 0. The van der Waals surface area contributed by atoms with Crippen LogP contribution in [-0.2, 0) is 0 Å². The van der Waals surface area contributed by atoms with Gasteiger partial charge in [0.15, 0.2) is 0 Å². The van der Waals surface area contributed by atoms with Gasteiger partial charge in [0.2, 0.25) is 0 Å². The Hall–Kier alpha value is -7.48. The van der Waals surface area contributed by atoms with Gasteiger partial charge in [0, 0.05) is 17.1 Å². The van der Waals surface area contributed by atoms with Crippen molar-refractivity contribution in [1.82, 2.24) is 0 Å². The predicted octanol–water partition coefficient (Wildman–Crippen LogP) is 15.9. The molecule has 0 atom stereocenters. The zero-order chi connectivity index (χ0) is 39.0. The Balaban J connectivity index is 1.17. The van der Waals surface area contributed by atoms with Gasteiger partial charge in [-0.1, -0.05) is 195 Å². The highest BCUT2D eigenvalue weighted by Crippen LogP contribution is 2.46. The van der Waals surface area contributed by atoms with Crippen LogP contribution in [0.3, 0.4) is 0 Å². The van der Waals surface area contributed by atoms with Crippen LogP contribution in [0.4, 0.5) is 11.4 Å². The number of hydrogen-bond acceptors (Lipinski definition) is 1. The number of nitrogens with zero attached hydrogens (tertiary/aromatic N) is 1. The molecule has 0 unspecified atom stereocenters. The van der Waals surface area contributed by atoms with Crippen LogP contribution in [0.15, 0.2) is 225 Å². The van der Waals surface area contributed by atoms with Crippen LogP contribution in [0.2, 0.25) is 0 Å². The summed E-state index contributed by atoms with van der Waals surface area (Å²) in [7, 11) is 0. The van der Waals surface area contributed by atoms with Crippen molar-refractivity contribution in [2.75, 3.05) is 4.90 Å². The summed E-state index contributed by atoms with van der Waals surface area (Å²) in [6, 6.07) is 79.1. The van der Waals surface area contributed by atoms with E-state index in [1.165, 1.54) is 76.8 Å². The van der Waals surface area contributed by atoms with Gasteiger partial charge in [-0.15, -0.1) is 0 Å². The summed E-state index contributed by atoms with van der Waals surface area (Å²) in [6.45, 7) is 6.75. The third kappa shape index (κ3) is 6.24. The molecule has 0 radical (unpaired) electrons. The van der Waals surface area contributed by atoms with Crippen LogP contribution in [-0.4, -0.2) is 0 Å². The fraction of sp³-hybridized carbons (Fsp3) is 0.0175. The Morgan fingerprint density at radius 2 is 0.897 bits per heavy atom. The van der Waals surface area contributed by atoms with Crippen molar-refractivity contribution >= 4 is 49.4 Å². The minimum absolute atomic E-state index is 0.935. The minimum atomic E-state index is 0.935. The zero-order valence-corrected chi connectivity index (χ0v) is 32.4. The molecule has 0 spiro atoms. The van der Waals surface area contributed by atoms with Gasteiger partial charge >= 0.3 is 0 Å². The monoisotopic (exact) mass is 739 g/mol. The number of rotatable bonds is 8. The maximum atomic E-state index is 4.59. The minimum Gasteiger partial charge on any atom is -0.310 e. The number of para-hydroxylation sites is 1. The molecule has 0 saturated heterocycles. The van der Waals surface area contributed by atoms with E-state index in [9.17, 15) is 0 Å². The van der Waals surface area contributed by atoms with E-state index in [0.29, 0.717) is 0 Å². The van der Waals surface area contributed by atoms with Crippen molar-refractivity contribution in [3.8, 4) is 44.5 Å². The molecule has 0 aromatic heterocycles. The molecule has 0 N–H and O–H groups in total. The van der Waals surface area contributed by atoms with Crippen molar-refractivity contribution in [2.45, 2.75) is 6.92 Å². The van der Waals surface area contributed by atoms with Crippen LogP contribution in [0.5, 0.6) is 0 Å². The third-order valence-corrected chi connectivity index (χ3v) is 11.5. The van der Waals surface area contributed by atoms with Gasteiger partial charge in [0.05, 0.1) is 0 Å². The van der Waals surface area contributed by atoms with Crippen LogP contribution in [0.1, 0.15) is 11.1 Å². The molecule has 10 aromatic carbocycles. The van der Waals surface area contributed by atoms with E-state index in [4.69, 9.17) is 0 Å². The first-order chi connectivity index (χ1) is 28.6. The molecule has 0 saturated carbocycles. The van der Waals surface area contributed by atoms with Crippen molar-refractivity contribution in [3.05, 3.63) is 236 Å². The average Bonchev–Trinajstić information content (AvgIpc) is 3.29. The third-order valence-electron chi connectivity index (χ3n) is 11.5. The first-order valence-electron chi connectivity index (χ1n) is 20.0. The van der Waals surface area contributed by atoms with E-state index >= 15 is 0 Å². The topological polar surface area (TPSA) is 3.24 Å². The fourth-order valence-electron chi connectivity index (χ4n) is 8.70. The van der Waals surface area contributed by atoms with Crippen LogP contribution in [0.25, 0.3) is 82.5 Å². The lowest BCUT2D eigenvalue weighted by Gasteiger charge is -2.29. The second-order valence-electron chi connectivity index (χ2n) is 15.0. The molecule has 0 aliphatic heterocycles. The predicted molar refractivity (Wildman–Crippen MR) is 249 cm³/mol. The van der Waals surface area contributed by atoms with Crippen molar-refractivity contribution in [3.63, 3.8) is 0 Å². The summed E-state index contributed by atoms with van der Waals surface area (Å²) in [4.78, 5) is 2.27. The molecule has 0 heterocycles. The Morgan fingerprint density at radius 3 is 1.55 bits per heavy atom. The molecule has 1 nitrogen and oxygen atoms in total. The first-order valence-corrected chi connectivity index (χ1v) is 20.0. The molecule has 0 bridgehead atoms. The fourth-order valence-corrected chi connectivity index (χ4v) is 8.70. The Labute approximate surface area is 340 Å². The molecule has 0 fully saturated rings. The van der Waals surface area contributed by atoms with E-state index in [-0.39, 0.29) is 0 Å². The molecule has 10 rings (SSSR count). The van der Waals surface area contributed by atoms with Gasteiger partial charge in [-0.3, -0.25) is 0 Å². The highest BCUT2D eigenvalue weighted by Gasteiger charge is 2.20. The second kappa shape index (κ2) is 14.9. The Morgan fingerprint density at radius 1 is 0.379 bits per heavy atom. The zero-order valence-electron chi connectivity index (χ0n) is 32.4. The van der Waals surface area contributed by atoms with Crippen LogP contribution < -0.4 is 4.90 Å². The smallest absolute Gasteiger partial charge is 0.0490 e. The summed E-state index contributed by atoms with van der Waals surface area (Å²) in [5, 5.41) is 7.46. The maximum absolute atomic E-state index is 4.59. The molecular formula is C57H41N. The standard InChI is InChI=1S/C57H41N/c1-39-17-12-15-28-55(39)58(40(2)41-18-6-3-7-19-41)48-33-29-42(30-34-48)46-31-35-51-53(37-46)56(44-21-8-4-9-22-44)52-36-32-47(38-54(52)57(51)45-23-10-5-11-24-45)50-27-16-25-43-20-13-14-26-49(43)50/h3-38H,2H2,1H3. The van der Waals surface area contributed by atoms with Crippen LogP contribution in [0, 0.1) is 6.92 Å². The first kappa shape index (κ1) is 35.0. The highest BCUT2D eigenvalue weighted by atomic mass is 15.1. The summed E-state index contributed by atoms with van der Waals surface area (Å²) in [5.41, 5.74) is 15.1. The molecular weight excluding hydrogens is 699 g/mol. The average molecular weight is 740 g/mol. The number of fused-ring (bicyclic) bond motifs is 3. The van der Waals surface area contributed by atoms with Gasteiger partial charge in [-0.25, -0.2) is 0 Å². The lowest BCUT2D eigenvalue weighted by molar-refractivity contribution is 1.26. The largest absolute Gasteiger partial charge is 0.310 e. The molecule has 10 aromatic rings. The number of hydrogen-bond donors (Lipinski definition) is 0. The molecule has 0 amide bonds. The highest BCUT2D eigenvalue weighted by molar-refractivity contribution is 6.22. The van der Waals surface area contributed by atoms with E-state index in [2.05, 4.69) is 231 Å². The van der Waals surface area contributed by atoms with Crippen molar-refractivity contribution in [1.29, 1.82) is 0 Å². The lowest BCUT2D eigenvalue weighted by Crippen LogP contribution is -2.15. The van der Waals surface area contributed by atoms with Gasteiger partial charge in [0.25, 0.3) is 0 Å². The molecule has 0 aliphatic carbocycles. The maximum Gasteiger partial charge on any atom is 0.0490 e. The second-order valence-corrected chi connectivity index (χ2v) is 15.0. The Bertz CT molecular complexity index is 3100. The molecule has 0 aliphatic rings. The molecule has 274 valence electrons. The van der Waals surface area contributed by atoms with E-state index in [0.717, 1.165) is 28.2 Å². The van der Waals surface area contributed by atoms with E-state index in [1.54, 1.807) is 0 Å². The summed E-state index contributed by atoms with van der Waals surface area (Å²) < 4.78 is 0. The van der Waals surface area contributed by atoms with Crippen molar-refractivity contribution in [2.24, 2.45) is 0 Å². The summed E-state index contributed by atoms with van der Waals surface area (Å²) in [6.07, 6.45) is 0. The van der Waals surface area contributed by atoms with Gasteiger partial charge in [-0.2, -0.15) is 0 Å². The number of aryl methyl sites for hydroxylation is 1. The number of benzene rings is 10. The van der Waals surface area contributed by atoms with Crippen molar-refractivity contribution < 1.29 is 0 Å².